The van der Waals surface area contributed by atoms with E-state index in [0.29, 0.717) is 0 Å². The number of hydrogen-bond donors (Lipinski definition) is 1. The van der Waals surface area contributed by atoms with E-state index in [-0.39, 0.29) is 11.6 Å². The molecule has 2 saturated heterocycles. The number of hydrogen-bond acceptors (Lipinski definition) is 4. The van der Waals surface area contributed by atoms with Gasteiger partial charge in [-0.25, -0.2) is 0 Å². The molecule has 1 saturated carbocycles. The Bertz CT molecular complexity index is 287. The van der Waals surface area contributed by atoms with Gasteiger partial charge in [-0.05, 0) is 32.1 Å². The minimum atomic E-state index is 0.117. The van der Waals surface area contributed by atoms with Crippen molar-refractivity contribution >= 4 is 0 Å². The third-order valence-electron chi connectivity index (χ3n) is 5.23. The van der Waals surface area contributed by atoms with Crippen LogP contribution in [0.1, 0.15) is 26.2 Å². The number of ether oxygens (including phenoxy) is 1. The van der Waals surface area contributed by atoms with Crippen molar-refractivity contribution in [2.45, 2.75) is 37.8 Å². The minimum Gasteiger partial charge on any atom is -0.376 e. The van der Waals surface area contributed by atoms with Crippen LogP contribution in [0.2, 0.25) is 0 Å². The topological polar surface area (TPSA) is 41.7 Å². The maximum absolute atomic E-state index is 6.08. The van der Waals surface area contributed by atoms with E-state index in [1.54, 1.807) is 0 Å². The lowest BCUT2D eigenvalue weighted by molar-refractivity contribution is -0.0123. The predicted octanol–water partition coefficient (Wildman–Crippen LogP) is 0.520. The Kier molecular flexibility index (Phi) is 3.63. The number of piperazine rings is 1. The Balaban J connectivity index is 1.57. The van der Waals surface area contributed by atoms with Gasteiger partial charge >= 0.3 is 0 Å². The van der Waals surface area contributed by atoms with Crippen molar-refractivity contribution < 1.29 is 4.74 Å². The number of rotatable bonds is 4. The highest BCUT2D eigenvalue weighted by Crippen LogP contribution is 2.33. The third kappa shape index (κ3) is 2.31. The zero-order chi connectivity index (χ0) is 12.6. The van der Waals surface area contributed by atoms with E-state index < -0.39 is 0 Å². The van der Waals surface area contributed by atoms with E-state index in [2.05, 4.69) is 16.7 Å². The first-order chi connectivity index (χ1) is 8.74. The molecule has 4 nitrogen and oxygen atoms in total. The molecule has 4 heteroatoms. The summed E-state index contributed by atoms with van der Waals surface area (Å²) in [5.41, 5.74) is 6.20. The SMILES string of the molecule is CC1OCCC1(CN)N1CCN(CC2CC2)CC1. The van der Waals surface area contributed by atoms with Crippen LogP contribution in [-0.2, 0) is 4.74 Å². The van der Waals surface area contributed by atoms with Crippen LogP contribution in [0.25, 0.3) is 0 Å². The monoisotopic (exact) mass is 253 g/mol. The van der Waals surface area contributed by atoms with Crippen molar-refractivity contribution in [2.24, 2.45) is 11.7 Å². The van der Waals surface area contributed by atoms with Gasteiger partial charge in [0.15, 0.2) is 0 Å². The molecule has 0 bridgehead atoms. The van der Waals surface area contributed by atoms with Gasteiger partial charge in [0.05, 0.1) is 11.6 Å². The zero-order valence-corrected chi connectivity index (χ0v) is 11.6. The van der Waals surface area contributed by atoms with Crippen molar-refractivity contribution in [2.75, 3.05) is 45.9 Å². The first kappa shape index (κ1) is 12.9. The summed E-state index contributed by atoms with van der Waals surface area (Å²) in [6, 6.07) is 0. The molecule has 2 aliphatic heterocycles. The van der Waals surface area contributed by atoms with Crippen LogP contribution in [-0.4, -0.2) is 67.3 Å². The highest BCUT2D eigenvalue weighted by atomic mass is 16.5. The zero-order valence-electron chi connectivity index (χ0n) is 11.6. The summed E-state index contributed by atoms with van der Waals surface area (Å²) in [6.45, 7) is 9.88. The van der Waals surface area contributed by atoms with Crippen molar-refractivity contribution in [1.29, 1.82) is 0 Å². The van der Waals surface area contributed by atoms with Crippen LogP contribution in [0.3, 0.4) is 0 Å². The molecular formula is C14H27N3O. The standard InChI is InChI=1S/C14H27N3O/c1-12-14(11-15,4-9-18-12)17-7-5-16(6-8-17)10-13-2-3-13/h12-13H,2-11,15H2,1H3. The quantitative estimate of drug-likeness (QED) is 0.793. The fourth-order valence-electron chi connectivity index (χ4n) is 3.62. The summed E-state index contributed by atoms with van der Waals surface area (Å²) >= 11 is 0. The smallest absolute Gasteiger partial charge is 0.0743 e. The second kappa shape index (κ2) is 5.08. The van der Waals surface area contributed by atoms with Gasteiger partial charge in [0.2, 0.25) is 0 Å². The van der Waals surface area contributed by atoms with Crippen LogP contribution in [0, 0.1) is 5.92 Å². The van der Waals surface area contributed by atoms with Gasteiger partial charge in [0.1, 0.15) is 0 Å². The fourth-order valence-corrected chi connectivity index (χ4v) is 3.62. The van der Waals surface area contributed by atoms with Crippen LogP contribution < -0.4 is 5.73 Å². The molecule has 0 spiro atoms. The van der Waals surface area contributed by atoms with E-state index in [0.717, 1.165) is 38.6 Å². The van der Waals surface area contributed by atoms with Crippen molar-refractivity contribution in [3.8, 4) is 0 Å². The second-order valence-electron chi connectivity index (χ2n) is 6.30. The van der Waals surface area contributed by atoms with Gasteiger partial charge in [0, 0.05) is 45.9 Å². The van der Waals surface area contributed by atoms with Crippen molar-refractivity contribution in [3.05, 3.63) is 0 Å². The van der Waals surface area contributed by atoms with Gasteiger partial charge in [-0.3, -0.25) is 4.90 Å². The highest BCUT2D eigenvalue weighted by molar-refractivity contribution is 5.02. The summed E-state index contributed by atoms with van der Waals surface area (Å²) in [7, 11) is 0. The van der Waals surface area contributed by atoms with Gasteiger partial charge in [-0.2, -0.15) is 0 Å². The molecule has 104 valence electrons. The Morgan fingerprint density at radius 3 is 2.44 bits per heavy atom. The fraction of sp³-hybridized carbons (Fsp3) is 1.00. The molecule has 0 radical (unpaired) electrons. The molecule has 2 heterocycles. The Morgan fingerprint density at radius 2 is 1.94 bits per heavy atom. The van der Waals surface area contributed by atoms with Crippen LogP contribution in [0.5, 0.6) is 0 Å². The summed E-state index contributed by atoms with van der Waals surface area (Å²) in [4.78, 5) is 5.24. The summed E-state index contributed by atoms with van der Waals surface area (Å²) in [6.07, 6.45) is 4.31. The Hall–Kier alpha value is -0.160. The molecule has 2 N–H and O–H groups in total. The maximum Gasteiger partial charge on any atom is 0.0743 e. The molecule has 3 aliphatic rings. The molecule has 0 aromatic carbocycles. The highest BCUT2D eigenvalue weighted by Gasteiger charge is 2.46. The van der Waals surface area contributed by atoms with Crippen LogP contribution in [0.4, 0.5) is 0 Å². The maximum atomic E-state index is 6.08. The molecule has 2 unspecified atom stereocenters. The second-order valence-corrected chi connectivity index (χ2v) is 6.30. The van der Waals surface area contributed by atoms with E-state index in [1.807, 2.05) is 0 Å². The molecular weight excluding hydrogens is 226 g/mol. The van der Waals surface area contributed by atoms with Crippen LogP contribution in [0.15, 0.2) is 0 Å². The van der Waals surface area contributed by atoms with Gasteiger partial charge in [-0.15, -0.1) is 0 Å². The summed E-state index contributed by atoms with van der Waals surface area (Å²) in [5.74, 6) is 1.01. The first-order valence-corrected chi connectivity index (χ1v) is 7.54. The lowest BCUT2D eigenvalue weighted by Crippen LogP contribution is -2.63. The molecule has 18 heavy (non-hydrogen) atoms. The summed E-state index contributed by atoms with van der Waals surface area (Å²) in [5, 5.41) is 0. The minimum absolute atomic E-state index is 0.117. The third-order valence-corrected chi connectivity index (χ3v) is 5.23. The van der Waals surface area contributed by atoms with E-state index >= 15 is 0 Å². The molecule has 3 fully saturated rings. The largest absolute Gasteiger partial charge is 0.376 e. The Morgan fingerprint density at radius 1 is 1.22 bits per heavy atom. The van der Waals surface area contributed by atoms with Gasteiger partial charge in [0.25, 0.3) is 0 Å². The van der Waals surface area contributed by atoms with E-state index in [1.165, 1.54) is 32.5 Å². The first-order valence-electron chi connectivity index (χ1n) is 7.54. The van der Waals surface area contributed by atoms with Crippen LogP contribution >= 0.6 is 0 Å². The van der Waals surface area contributed by atoms with Gasteiger partial charge in [-0.1, -0.05) is 0 Å². The normalized spacial score (nSPS) is 39.3. The molecule has 0 amide bonds. The molecule has 0 aromatic rings. The van der Waals surface area contributed by atoms with Crippen molar-refractivity contribution in [3.63, 3.8) is 0 Å². The molecule has 3 rings (SSSR count). The summed E-state index contributed by atoms with van der Waals surface area (Å²) < 4.78 is 5.78. The molecule has 0 aromatic heterocycles. The number of nitrogens with two attached hydrogens (primary N) is 1. The number of nitrogens with zero attached hydrogens (tertiary/aromatic N) is 2. The van der Waals surface area contributed by atoms with E-state index in [9.17, 15) is 0 Å². The molecule has 2 atom stereocenters. The predicted molar refractivity (Wildman–Crippen MR) is 72.6 cm³/mol. The average molecular weight is 253 g/mol. The Labute approximate surface area is 110 Å². The van der Waals surface area contributed by atoms with Gasteiger partial charge < -0.3 is 15.4 Å². The lowest BCUT2D eigenvalue weighted by atomic mass is 9.89. The van der Waals surface area contributed by atoms with Crippen molar-refractivity contribution in [1.82, 2.24) is 9.80 Å². The van der Waals surface area contributed by atoms with E-state index in [4.69, 9.17) is 10.5 Å². The molecule has 1 aliphatic carbocycles. The average Bonchev–Trinajstić information content (AvgIpc) is 3.12. The lowest BCUT2D eigenvalue weighted by Gasteiger charge is -2.47.